The number of rotatable bonds is 1. The van der Waals surface area contributed by atoms with Crippen LogP contribution in [0.2, 0.25) is 0 Å². The molecule has 2 aromatic heterocycles. The summed E-state index contributed by atoms with van der Waals surface area (Å²) in [7, 11) is 0. The van der Waals surface area contributed by atoms with Crippen molar-refractivity contribution in [3.8, 4) is 11.6 Å². The summed E-state index contributed by atoms with van der Waals surface area (Å²) in [5.74, 6) is -1.03. The molecule has 0 saturated heterocycles. The Hall–Kier alpha value is -1.86. The van der Waals surface area contributed by atoms with Crippen molar-refractivity contribution < 1.29 is 13.2 Å². The highest BCUT2D eigenvalue weighted by Gasteiger charge is 2.35. The fourth-order valence-corrected chi connectivity index (χ4v) is 1.02. The van der Waals surface area contributed by atoms with Gasteiger partial charge in [0.15, 0.2) is 5.82 Å². The minimum atomic E-state index is -4.52. The molecule has 0 aromatic carbocycles. The molecule has 2 rings (SSSR count). The number of aromatic nitrogens is 5. The van der Waals surface area contributed by atoms with Gasteiger partial charge in [-0.3, -0.25) is 5.10 Å². The summed E-state index contributed by atoms with van der Waals surface area (Å²) >= 11 is 0. The van der Waals surface area contributed by atoms with Crippen molar-refractivity contribution in [1.29, 1.82) is 0 Å². The van der Waals surface area contributed by atoms with Gasteiger partial charge in [0.05, 0.1) is 0 Å². The molecular formula is C7H6F3N5. The Morgan fingerprint density at radius 2 is 2.07 bits per heavy atom. The number of hydrogen-bond acceptors (Lipinski definition) is 3. The number of alkyl halides is 3. The van der Waals surface area contributed by atoms with E-state index in [9.17, 15) is 13.2 Å². The van der Waals surface area contributed by atoms with Crippen LogP contribution in [0.4, 0.5) is 13.2 Å². The van der Waals surface area contributed by atoms with Crippen LogP contribution in [-0.2, 0) is 6.18 Å². The van der Waals surface area contributed by atoms with Crippen LogP contribution in [0.25, 0.3) is 11.6 Å². The lowest BCUT2D eigenvalue weighted by Crippen LogP contribution is -2.07. The first-order valence-electron chi connectivity index (χ1n) is 3.98. The molecule has 0 bridgehead atoms. The van der Waals surface area contributed by atoms with Gasteiger partial charge < -0.3 is 4.98 Å². The second-order valence-corrected chi connectivity index (χ2v) is 2.92. The summed E-state index contributed by atoms with van der Waals surface area (Å²) < 4.78 is 36.5. The molecular weight excluding hydrogens is 211 g/mol. The molecule has 2 aromatic rings. The third-order valence-corrected chi connectivity index (χ3v) is 1.67. The maximum Gasteiger partial charge on any atom is 0.451 e. The summed E-state index contributed by atoms with van der Waals surface area (Å²) in [6, 6.07) is 0. The molecule has 0 amide bonds. The molecule has 0 fully saturated rings. The zero-order valence-electron chi connectivity index (χ0n) is 7.55. The molecule has 0 aliphatic heterocycles. The number of nitrogens with one attached hydrogen (secondary N) is 2. The van der Waals surface area contributed by atoms with Crippen molar-refractivity contribution in [2.75, 3.05) is 0 Å². The predicted molar refractivity (Wildman–Crippen MR) is 43.7 cm³/mol. The van der Waals surface area contributed by atoms with E-state index in [2.05, 4.69) is 20.1 Å². The molecule has 0 spiro atoms. The normalized spacial score (nSPS) is 12.0. The average Bonchev–Trinajstić information content (AvgIpc) is 2.69. The average molecular weight is 217 g/mol. The molecule has 0 aliphatic carbocycles. The second kappa shape index (κ2) is 3.07. The van der Waals surface area contributed by atoms with E-state index in [0.717, 1.165) is 5.69 Å². The predicted octanol–water partition coefficient (Wildman–Crippen LogP) is 1.52. The molecule has 0 saturated carbocycles. The Balaban J connectivity index is 2.36. The summed E-state index contributed by atoms with van der Waals surface area (Å²) in [6.45, 7) is 1.73. The van der Waals surface area contributed by atoms with E-state index in [-0.39, 0.29) is 11.6 Å². The van der Waals surface area contributed by atoms with Crippen LogP contribution in [-0.4, -0.2) is 25.1 Å². The van der Waals surface area contributed by atoms with E-state index < -0.39 is 12.0 Å². The summed E-state index contributed by atoms with van der Waals surface area (Å²) in [6.07, 6.45) is -3.04. The summed E-state index contributed by atoms with van der Waals surface area (Å²) in [5, 5.41) is 5.22. The standard InChI is InChI=1S/C7H6F3N5/c1-3-2-11-4(12-3)5-13-6(15-14-5)7(8,9)10/h2H,1H3,(H,11,12)(H,13,14,15). The van der Waals surface area contributed by atoms with Crippen molar-refractivity contribution >= 4 is 0 Å². The molecule has 0 radical (unpaired) electrons. The van der Waals surface area contributed by atoms with E-state index >= 15 is 0 Å². The van der Waals surface area contributed by atoms with Gasteiger partial charge in [0.2, 0.25) is 11.6 Å². The number of H-pyrrole nitrogens is 2. The zero-order valence-corrected chi connectivity index (χ0v) is 7.55. The minimum Gasteiger partial charge on any atom is -0.339 e. The van der Waals surface area contributed by atoms with Gasteiger partial charge in [-0.05, 0) is 6.92 Å². The van der Waals surface area contributed by atoms with Gasteiger partial charge in [0.1, 0.15) is 0 Å². The maximum atomic E-state index is 12.2. The van der Waals surface area contributed by atoms with Crippen molar-refractivity contribution in [1.82, 2.24) is 25.1 Å². The minimum absolute atomic E-state index is 0.101. The Labute approximate surface area is 81.8 Å². The van der Waals surface area contributed by atoms with Gasteiger partial charge in [0, 0.05) is 11.9 Å². The van der Waals surface area contributed by atoms with Gasteiger partial charge in [-0.15, -0.1) is 5.10 Å². The van der Waals surface area contributed by atoms with Crippen LogP contribution >= 0.6 is 0 Å². The largest absolute Gasteiger partial charge is 0.451 e. The first kappa shape index (κ1) is 9.69. The molecule has 0 unspecified atom stereocenters. The van der Waals surface area contributed by atoms with Crippen molar-refractivity contribution in [3.05, 3.63) is 17.7 Å². The molecule has 0 atom stereocenters. The first-order chi connectivity index (χ1) is 6.97. The van der Waals surface area contributed by atoms with E-state index in [1.807, 2.05) is 5.10 Å². The highest BCUT2D eigenvalue weighted by atomic mass is 19.4. The van der Waals surface area contributed by atoms with Crippen LogP contribution < -0.4 is 0 Å². The maximum absolute atomic E-state index is 12.2. The SMILES string of the molecule is Cc1cnc(-c2n[nH]c(C(F)(F)F)n2)[nH]1. The zero-order chi connectivity index (χ0) is 11.1. The number of halogens is 3. The monoisotopic (exact) mass is 217 g/mol. The van der Waals surface area contributed by atoms with Crippen molar-refractivity contribution in [3.63, 3.8) is 0 Å². The lowest BCUT2D eigenvalue weighted by molar-refractivity contribution is -0.144. The highest BCUT2D eigenvalue weighted by Crippen LogP contribution is 2.26. The number of imidazole rings is 1. The van der Waals surface area contributed by atoms with Crippen LogP contribution in [0, 0.1) is 6.92 Å². The second-order valence-electron chi connectivity index (χ2n) is 2.92. The Morgan fingerprint density at radius 3 is 2.53 bits per heavy atom. The third-order valence-electron chi connectivity index (χ3n) is 1.67. The molecule has 8 heteroatoms. The number of aryl methyl sites for hydroxylation is 1. The van der Waals surface area contributed by atoms with Crippen LogP contribution in [0.3, 0.4) is 0 Å². The Kier molecular flexibility index (Phi) is 1.98. The summed E-state index contributed by atoms with van der Waals surface area (Å²) in [4.78, 5) is 9.83. The molecule has 2 N–H and O–H groups in total. The lowest BCUT2D eigenvalue weighted by atomic mass is 10.5. The molecule has 2 heterocycles. The van der Waals surface area contributed by atoms with E-state index in [4.69, 9.17) is 0 Å². The fraction of sp³-hybridized carbons (Fsp3) is 0.286. The van der Waals surface area contributed by atoms with Crippen LogP contribution in [0.1, 0.15) is 11.5 Å². The number of hydrogen-bond donors (Lipinski definition) is 2. The van der Waals surface area contributed by atoms with Gasteiger partial charge in [-0.1, -0.05) is 0 Å². The van der Waals surface area contributed by atoms with Gasteiger partial charge in [0.25, 0.3) is 0 Å². The number of aromatic amines is 2. The topological polar surface area (TPSA) is 70.2 Å². The smallest absolute Gasteiger partial charge is 0.339 e. The number of nitrogens with zero attached hydrogens (tertiary/aromatic N) is 3. The van der Waals surface area contributed by atoms with Crippen molar-refractivity contribution in [2.45, 2.75) is 13.1 Å². The highest BCUT2D eigenvalue weighted by molar-refractivity contribution is 5.42. The third kappa shape index (κ3) is 1.83. The first-order valence-corrected chi connectivity index (χ1v) is 3.98. The molecule has 0 aliphatic rings. The fourth-order valence-electron chi connectivity index (χ4n) is 1.02. The molecule has 15 heavy (non-hydrogen) atoms. The van der Waals surface area contributed by atoms with Gasteiger partial charge >= 0.3 is 6.18 Å². The molecule has 5 nitrogen and oxygen atoms in total. The van der Waals surface area contributed by atoms with Gasteiger partial charge in [-0.2, -0.15) is 13.2 Å². The van der Waals surface area contributed by atoms with E-state index in [1.165, 1.54) is 6.20 Å². The Morgan fingerprint density at radius 1 is 1.33 bits per heavy atom. The van der Waals surface area contributed by atoms with Crippen LogP contribution in [0.15, 0.2) is 6.20 Å². The summed E-state index contributed by atoms with van der Waals surface area (Å²) in [5.41, 5.74) is 0.725. The lowest BCUT2D eigenvalue weighted by Gasteiger charge is -1.97. The quantitative estimate of drug-likeness (QED) is 0.760. The van der Waals surface area contributed by atoms with E-state index in [0.29, 0.717) is 0 Å². The van der Waals surface area contributed by atoms with E-state index in [1.54, 1.807) is 6.92 Å². The molecule has 80 valence electrons. The van der Waals surface area contributed by atoms with Gasteiger partial charge in [-0.25, -0.2) is 9.97 Å². The van der Waals surface area contributed by atoms with Crippen LogP contribution in [0.5, 0.6) is 0 Å². The Bertz CT molecular complexity index is 469. The van der Waals surface area contributed by atoms with Crippen molar-refractivity contribution in [2.24, 2.45) is 0 Å².